The number of hydrogen-bond acceptors (Lipinski definition) is 8. The lowest BCUT2D eigenvalue weighted by Crippen LogP contribution is -2.35. The summed E-state index contributed by atoms with van der Waals surface area (Å²) >= 11 is 0. The normalized spacial score (nSPS) is 21.3. The number of nitrogens with zero attached hydrogens (tertiary/aromatic N) is 5. The maximum absolute atomic E-state index is 11.0. The molecule has 0 unspecified atom stereocenters. The predicted octanol–water partition coefficient (Wildman–Crippen LogP) is 4.05. The van der Waals surface area contributed by atoms with Gasteiger partial charge in [0.15, 0.2) is 5.82 Å². The molecule has 164 valence electrons. The molecule has 2 aliphatic rings. The molecule has 0 saturated heterocycles. The van der Waals surface area contributed by atoms with E-state index < -0.39 is 5.60 Å². The standard InChI is InChI=1S/C24H26N6O2/c1-24(31)12-4-3-5-13-29-16-17-15-25-23(26-18-8-6-9-19(14-18)32-2)28-22(17)30(29)21-11-7-10-20(24)27-21/h3,5-11,14-15,31H,4,12-13,16H2,1-2H3,(H,25,26,28)/b5-3-/t24-/m0/s1. The number of benzene rings is 1. The second-order valence-corrected chi connectivity index (χ2v) is 8.22. The zero-order chi connectivity index (χ0) is 22.1. The molecule has 0 amide bonds. The lowest BCUT2D eigenvalue weighted by molar-refractivity contribution is 0.0444. The maximum atomic E-state index is 11.0. The number of ether oxygens (including phenoxy) is 1. The summed E-state index contributed by atoms with van der Waals surface area (Å²) in [6.45, 7) is 3.21. The quantitative estimate of drug-likeness (QED) is 0.602. The summed E-state index contributed by atoms with van der Waals surface area (Å²) in [6.07, 6.45) is 7.51. The minimum atomic E-state index is -0.997. The molecular weight excluding hydrogens is 404 g/mol. The SMILES string of the molecule is COc1cccc(Nc2ncc3c(n2)N2c4cccc(n4)[C@@](C)(O)CC/C=C\CN2C3)c1. The summed E-state index contributed by atoms with van der Waals surface area (Å²) in [7, 11) is 1.64. The van der Waals surface area contributed by atoms with E-state index in [0.717, 1.165) is 35.1 Å². The Morgan fingerprint density at radius 2 is 2.00 bits per heavy atom. The Kier molecular flexibility index (Phi) is 5.24. The van der Waals surface area contributed by atoms with Crippen LogP contribution < -0.4 is 15.1 Å². The number of methoxy groups -OCH3 is 1. The minimum Gasteiger partial charge on any atom is -0.497 e. The molecule has 8 nitrogen and oxygen atoms in total. The van der Waals surface area contributed by atoms with Crippen LogP contribution in [0.4, 0.5) is 23.3 Å². The van der Waals surface area contributed by atoms with Gasteiger partial charge in [0.25, 0.3) is 0 Å². The van der Waals surface area contributed by atoms with Crippen LogP contribution in [0.15, 0.2) is 60.8 Å². The molecule has 8 heteroatoms. The molecule has 1 aromatic carbocycles. The first-order chi connectivity index (χ1) is 15.5. The van der Waals surface area contributed by atoms with E-state index in [1.807, 2.05) is 60.6 Å². The van der Waals surface area contributed by atoms with Crippen LogP contribution in [0.2, 0.25) is 0 Å². The van der Waals surface area contributed by atoms with Crippen molar-refractivity contribution in [1.82, 2.24) is 20.0 Å². The number of aromatic nitrogens is 3. The fraction of sp³-hybridized carbons (Fsp3) is 0.292. The van der Waals surface area contributed by atoms with Gasteiger partial charge in [0.1, 0.15) is 17.2 Å². The summed E-state index contributed by atoms with van der Waals surface area (Å²) < 4.78 is 5.31. The van der Waals surface area contributed by atoms with Gasteiger partial charge in [0.2, 0.25) is 5.95 Å². The Labute approximate surface area is 187 Å². The molecule has 2 bridgehead atoms. The molecule has 0 aliphatic carbocycles. The van der Waals surface area contributed by atoms with E-state index in [1.165, 1.54) is 0 Å². The Bertz CT molecular complexity index is 1160. The number of pyridine rings is 1. The molecule has 0 fully saturated rings. The minimum absolute atomic E-state index is 0.492. The van der Waals surface area contributed by atoms with Crippen LogP contribution in [0.1, 0.15) is 31.0 Å². The van der Waals surface area contributed by atoms with Gasteiger partial charge >= 0.3 is 0 Å². The summed E-state index contributed by atoms with van der Waals surface area (Å²) in [4.78, 5) is 14.2. The smallest absolute Gasteiger partial charge is 0.229 e. The van der Waals surface area contributed by atoms with E-state index in [9.17, 15) is 5.11 Å². The molecule has 0 spiro atoms. The van der Waals surface area contributed by atoms with Crippen molar-refractivity contribution in [3.8, 4) is 5.75 Å². The zero-order valence-corrected chi connectivity index (χ0v) is 18.2. The summed E-state index contributed by atoms with van der Waals surface area (Å²) in [6, 6.07) is 13.4. The maximum Gasteiger partial charge on any atom is 0.229 e. The number of hydrogen-bond donors (Lipinski definition) is 2. The topological polar surface area (TPSA) is 86.6 Å². The van der Waals surface area contributed by atoms with Crippen LogP contribution in [-0.4, -0.2) is 38.7 Å². The van der Waals surface area contributed by atoms with Gasteiger partial charge in [-0.3, -0.25) is 0 Å². The zero-order valence-electron chi connectivity index (χ0n) is 18.2. The van der Waals surface area contributed by atoms with Gasteiger partial charge in [0.05, 0.1) is 12.8 Å². The van der Waals surface area contributed by atoms with Gasteiger partial charge in [-0.2, -0.15) is 4.98 Å². The Morgan fingerprint density at radius 1 is 1.12 bits per heavy atom. The molecular formula is C24H26N6O2. The van der Waals surface area contributed by atoms with Crippen molar-refractivity contribution in [2.75, 3.05) is 24.0 Å². The number of nitrogens with one attached hydrogen (secondary N) is 1. The molecule has 3 aromatic rings. The highest BCUT2D eigenvalue weighted by Gasteiger charge is 2.33. The van der Waals surface area contributed by atoms with Gasteiger partial charge in [-0.25, -0.2) is 20.0 Å². The lowest BCUT2D eigenvalue weighted by Gasteiger charge is -2.29. The summed E-state index contributed by atoms with van der Waals surface area (Å²) in [5.74, 6) is 2.76. The number of hydrazine groups is 1. The number of fused-ring (bicyclic) bond motifs is 6. The van der Waals surface area contributed by atoms with Crippen LogP contribution in [0.25, 0.3) is 0 Å². The van der Waals surface area contributed by atoms with Crippen molar-refractivity contribution in [3.05, 3.63) is 72.1 Å². The number of anilines is 4. The van der Waals surface area contributed by atoms with Crippen molar-refractivity contribution in [2.45, 2.75) is 31.9 Å². The first-order valence-corrected chi connectivity index (χ1v) is 10.7. The van der Waals surface area contributed by atoms with E-state index in [4.69, 9.17) is 14.7 Å². The van der Waals surface area contributed by atoms with E-state index in [-0.39, 0.29) is 0 Å². The first kappa shape index (κ1) is 20.4. The number of allylic oxidation sites excluding steroid dienone is 1. The van der Waals surface area contributed by atoms with Crippen LogP contribution >= 0.6 is 0 Å². The highest BCUT2D eigenvalue weighted by atomic mass is 16.5. The van der Waals surface area contributed by atoms with Crippen molar-refractivity contribution >= 4 is 23.3 Å². The average molecular weight is 431 g/mol. The van der Waals surface area contributed by atoms with Crippen molar-refractivity contribution in [1.29, 1.82) is 0 Å². The highest BCUT2D eigenvalue weighted by Crippen LogP contribution is 2.37. The van der Waals surface area contributed by atoms with Crippen LogP contribution in [-0.2, 0) is 12.1 Å². The van der Waals surface area contributed by atoms with Gasteiger partial charge in [-0.15, -0.1) is 0 Å². The molecule has 0 saturated carbocycles. The molecule has 5 rings (SSSR count). The molecule has 2 N–H and O–H groups in total. The van der Waals surface area contributed by atoms with Crippen LogP contribution in [0, 0.1) is 0 Å². The van der Waals surface area contributed by atoms with Crippen LogP contribution in [0.5, 0.6) is 5.75 Å². The molecule has 2 aromatic heterocycles. The third-order valence-electron chi connectivity index (χ3n) is 5.79. The number of aliphatic hydroxyl groups is 1. The molecule has 32 heavy (non-hydrogen) atoms. The molecule has 2 aliphatic heterocycles. The predicted molar refractivity (Wildman–Crippen MR) is 123 cm³/mol. The molecule has 4 heterocycles. The second-order valence-electron chi connectivity index (χ2n) is 8.22. The Morgan fingerprint density at radius 3 is 2.88 bits per heavy atom. The fourth-order valence-electron chi connectivity index (χ4n) is 4.03. The molecule has 1 atom stereocenters. The van der Waals surface area contributed by atoms with Crippen molar-refractivity contribution in [3.63, 3.8) is 0 Å². The first-order valence-electron chi connectivity index (χ1n) is 10.7. The second kappa shape index (κ2) is 8.22. The van der Waals surface area contributed by atoms with Gasteiger partial charge in [0, 0.05) is 36.6 Å². The Hall–Kier alpha value is -3.49. The van der Waals surface area contributed by atoms with E-state index in [0.29, 0.717) is 31.2 Å². The summed E-state index contributed by atoms with van der Waals surface area (Å²) in [5.41, 5.74) is 1.52. The Balaban J connectivity index is 1.54. The highest BCUT2D eigenvalue weighted by molar-refractivity contribution is 5.65. The largest absolute Gasteiger partial charge is 0.497 e. The van der Waals surface area contributed by atoms with Crippen molar-refractivity contribution in [2.24, 2.45) is 0 Å². The molecule has 0 radical (unpaired) electrons. The van der Waals surface area contributed by atoms with E-state index in [2.05, 4.69) is 27.5 Å². The lowest BCUT2D eigenvalue weighted by atomic mass is 9.95. The third kappa shape index (κ3) is 3.90. The monoisotopic (exact) mass is 430 g/mol. The van der Waals surface area contributed by atoms with Gasteiger partial charge in [-0.1, -0.05) is 24.3 Å². The van der Waals surface area contributed by atoms with Gasteiger partial charge < -0.3 is 15.2 Å². The van der Waals surface area contributed by atoms with Gasteiger partial charge in [-0.05, 0) is 44.0 Å². The van der Waals surface area contributed by atoms with Crippen molar-refractivity contribution < 1.29 is 9.84 Å². The van der Waals surface area contributed by atoms with Crippen LogP contribution in [0.3, 0.4) is 0 Å². The summed E-state index contributed by atoms with van der Waals surface area (Å²) in [5, 5.41) is 18.4. The fourth-order valence-corrected chi connectivity index (χ4v) is 4.03. The average Bonchev–Trinajstić information content (AvgIpc) is 3.15. The third-order valence-corrected chi connectivity index (χ3v) is 5.79. The van der Waals surface area contributed by atoms with E-state index >= 15 is 0 Å². The number of rotatable bonds is 3. The van der Waals surface area contributed by atoms with E-state index in [1.54, 1.807) is 7.11 Å².